The number of hydrogen-bond acceptors (Lipinski definition) is 23. The third-order valence-electron chi connectivity index (χ3n) is 5.28. The van der Waals surface area contributed by atoms with Gasteiger partial charge in [0, 0.05) is 0 Å². The highest BCUT2D eigenvalue weighted by Crippen LogP contribution is 2.42. The molecule has 0 aromatic rings. The summed E-state index contributed by atoms with van der Waals surface area (Å²) in [5.74, 6) is -3.83. The average Bonchev–Trinajstić information content (AvgIpc) is 3.08. The topological polar surface area (TPSA) is 450 Å². The summed E-state index contributed by atoms with van der Waals surface area (Å²) in [7, 11) is -35.0. The van der Waals surface area contributed by atoms with E-state index in [9.17, 15) is 74.4 Å². The van der Waals surface area contributed by atoms with Crippen LogP contribution in [0.2, 0.25) is 0 Å². The normalized spacial score (nSPS) is 33.2. The van der Waals surface area contributed by atoms with Crippen molar-refractivity contribution in [1.29, 1.82) is 0 Å². The number of aliphatic hydroxyl groups excluding tert-OH is 2. The third-order valence-corrected chi connectivity index (χ3v) is 7.97. The number of aliphatic hydroxyl groups is 2. The van der Waals surface area contributed by atoms with Gasteiger partial charge in [-0.2, -0.15) is 50.5 Å². The molecule has 2 heterocycles. The quantitative estimate of drug-likeness (QED) is 0.0632. The Balaban J connectivity index is 2.90. The second kappa shape index (κ2) is 14.7. The van der Waals surface area contributed by atoms with Gasteiger partial charge in [-0.3, -0.25) is 27.3 Å². The largest absolute Gasteiger partial charge is 0.397 e. The zero-order chi connectivity index (χ0) is 36.6. The highest BCUT2D eigenvalue weighted by molar-refractivity contribution is 7.82. The first-order valence-electron chi connectivity index (χ1n) is 11.0. The molecular formula is C12H22O29S6. The van der Waals surface area contributed by atoms with E-state index in [1.165, 1.54) is 0 Å². The number of hydrogen-bond donors (Lipinski definition) is 8. The lowest BCUT2D eigenvalue weighted by Gasteiger charge is -2.45. The van der Waals surface area contributed by atoms with Crippen LogP contribution >= 0.6 is 0 Å². The summed E-state index contributed by atoms with van der Waals surface area (Å²) >= 11 is 0. The zero-order valence-electron chi connectivity index (χ0n) is 21.8. The summed E-state index contributed by atoms with van der Waals surface area (Å²) in [5, 5.41) is 19.9. The van der Waals surface area contributed by atoms with E-state index in [0.29, 0.717) is 0 Å². The Morgan fingerprint density at radius 1 is 0.574 bits per heavy atom. The second-order valence-electron chi connectivity index (χ2n) is 8.61. The summed E-state index contributed by atoms with van der Waals surface area (Å²) in [4.78, 5) is 0. The van der Waals surface area contributed by atoms with Gasteiger partial charge >= 0.3 is 62.4 Å². The molecule has 0 amide bonds. The first-order valence-corrected chi connectivity index (χ1v) is 19.2. The molecule has 8 N–H and O–H groups in total. The summed E-state index contributed by atoms with van der Waals surface area (Å²) < 4.78 is 232. The molecule has 0 aliphatic carbocycles. The lowest BCUT2D eigenvalue weighted by Crippen LogP contribution is -2.65. The molecule has 0 aromatic heterocycles. The minimum atomic E-state index is -6.05. The van der Waals surface area contributed by atoms with Crippen LogP contribution in [0, 0.1) is 0 Å². The van der Waals surface area contributed by atoms with Crippen LogP contribution in [0.1, 0.15) is 0 Å². The molecule has 29 nitrogen and oxygen atoms in total. The Kier molecular flexibility index (Phi) is 13.2. The van der Waals surface area contributed by atoms with E-state index in [-0.39, 0.29) is 0 Å². The van der Waals surface area contributed by atoms with Gasteiger partial charge < -0.3 is 24.4 Å². The standard InChI is InChI=1S/C12H22O29S6/c13-1-4-6(14)8(39-45(24,25)26)9(40-46(27,28)29)11(35-4)37-12(3-34-43(18,19)20)10(41-47(30,31)32)7(38-44(21,22)23)5(36-12)2-33-42(15,16)17/h4-11,13-14H,1-3H2,(H,15,16,17)(H,18,19,20)(H,21,22,23)(H,24,25,26)(H,27,28,29)(H,30,31,32). The van der Waals surface area contributed by atoms with Crippen LogP contribution in [0.15, 0.2) is 0 Å². The smallest absolute Gasteiger partial charge is 0.394 e. The van der Waals surface area contributed by atoms with Crippen molar-refractivity contribution >= 4 is 62.4 Å². The van der Waals surface area contributed by atoms with Crippen LogP contribution in [0.5, 0.6) is 0 Å². The molecule has 2 fully saturated rings. The van der Waals surface area contributed by atoms with Crippen LogP contribution < -0.4 is 0 Å². The van der Waals surface area contributed by atoms with Gasteiger partial charge in [0.2, 0.25) is 5.79 Å². The monoisotopic (exact) mass is 822 g/mol. The Hall–Kier alpha value is -0.980. The van der Waals surface area contributed by atoms with E-state index in [2.05, 4.69) is 25.1 Å². The van der Waals surface area contributed by atoms with Gasteiger partial charge in [-0.05, 0) is 0 Å². The third kappa shape index (κ3) is 13.7. The van der Waals surface area contributed by atoms with Crippen molar-refractivity contribution in [2.75, 3.05) is 19.8 Å². The van der Waals surface area contributed by atoms with Crippen LogP contribution in [-0.2, 0) is 102 Å². The maximum atomic E-state index is 11.7. The fraction of sp³-hybridized carbons (Fsp3) is 1.00. The SMILES string of the molecule is O=S(=O)(O)OCC1OC(COS(=O)(=O)O)(OC2OC(CO)C(O)C(OS(=O)(=O)O)C2OS(=O)(=O)O)C(OS(=O)(=O)O)C1OS(=O)(=O)O. The average molecular weight is 823 g/mol. The van der Waals surface area contributed by atoms with E-state index in [4.69, 9.17) is 27.9 Å². The lowest BCUT2D eigenvalue weighted by molar-refractivity contribution is -0.376. The lowest BCUT2D eigenvalue weighted by atomic mass is 9.99. The fourth-order valence-corrected chi connectivity index (χ4v) is 6.49. The molecule has 2 saturated heterocycles. The summed E-state index contributed by atoms with van der Waals surface area (Å²) in [6.45, 7) is -5.34. The molecule has 0 aromatic carbocycles. The Morgan fingerprint density at radius 2 is 1.02 bits per heavy atom. The van der Waals surface area contributed by atoms with E-state index >= 15 is 0 Å². The van der Waals surface area contributed by atoms with E-state index < -0.39 is 137 Å². The minimum absolute atomic E-state index is 1.44. The van der Waals surface area contributed by atoms with Crippen LogP contribution in [0.3, 0.4) is 0 Å². The van der Waals surface area contributed by atoms with Crippen molar-refractivity contribution in [2.24, 2.45) is 0 Å². The predicted molar refractivity (Wildman–Crippen MR) is 131 cm³/mol. The molecule has 0 spiro atoms. The molecule has 0 saturated carbocycles. The van der Waals surface area contributed by atoms with Crippen LogP contribution in [-0.4, -0.2) is 163 Å². The zero-order valence-corrected chi connectivity index (χ0v) is 26.7. The summed E-state index contributed by atoms with van der Waals surface area (Å²) in [5.41, 5.74) is 0. The molecular weight excluding hydrogens is 801 g/mol. The van der Waals surface area contributed by atoms with Crippen LogP contribution in [0.4, 0.5) is 0 Å². The molecule has 9 atom stereocenters. The highest BCUT2D eigenvalue weighted by Gasteiger charge is 2.65. The van der Waals surface area contributed by atoms with Crippen molar-refractivity contribution in [3.8, 4) is 0 Å². The highest BCUT2D eigenvalue weighted by atomic mass is 32.3. The Labute approximate surface area is 263 Å². The van der Waals surface area contributed by atoms with E-state index in [0.717, 1.165) is 0 Å². The summed E-state index contributed by atoms with van der Waals surface area (Å²) in [6, 6.07) is 0. The van der Waals surface area contributed by atoms with Crippen molar-refractivity contribution in [2.45, 2.75) is 54.8 Å². The maximum Gasteiger partial charge on any atom is 0.397 e. The van der Waals surface area contributed by atoms with Crippen molar-refractivity contribution in [3.63, 3.8) is 0 Å². The molecule has 2 aliphatic rings. The molecule has 2 rings (SSSR count). The Bertz CT molecular complexity index is 1770. The van der Waals surface area contributed by atoms with Crippen LogP contribution in [0.25, 0.3) is 0 Å². The van der Waals surface area contributed by atoms with E-state index in [1.54, 1.807) is 0 Å². The maximum absolute atomic E-state index is 11.7. The van der Waals surface area contributed by atoms with Gasteiger partial charge in [0.25, 0.3) is 0 Å². The number of ether oxygens (including phenoxy) is 3. The van der Waals surface area contributed by atoms with Gasteiger partial charge in [0.05, 0.1) is 13.2 Å². The van der Waals surface area contributed by atoms with Gasteiger partial charge in [0.15, 0.2) is 18.5 Å². The molecule has 2 aliphatic heterocycles. The van der Waals surface area contributed by atoms with E-state index in [1.807, 2.05) is 0 Å². The second-order valence-corrected chi connectivity index (χ2v) is 15.0. The molecule has 280 valence electrons. The molecule has 0 radical (unpaired) electrons. The molecule has 9 unspecified atom stereocenters. The van der Waals surface area contributed by atoms with Crippen molar-refractivity contribution in [3.05, 3.63) is 0 Å². The van der Waals surface area contributed by atoms with Gasteiger partial charge in [-0.1, -0.05) is 0 Å². The van der Waals surface area contributed by atoms with Gasteiger partial charge in [0.1, 0.15) is 37.1 Å². The minimum Gasteiger partial charge on any atom is -0.394 e. The van der Waals surface area contributed by atoms with Crippen molar-refractivity contribution < 1.29 is 127 Å². The molecule has 47 heavy (non-hydrogen) atoms. The van der Waals surface area contributed by atoms with Crippen molar-refractivity contribution in [1.82, 2.24) is 0 Å². The molecule has 0 bridgehead atoms. The first-order chi connectivity index (χ1) is 20.8. The summed E-state index contributed by atoms with van der Waals surface area (Å²) in [6.07, 6.45) is -22.7. The molecule has 35 heteroatoms. The fourth-order valence-electron chi connectivity index (χ4n) is 3.86. The first kappa shape index (κ1) is 42.2. The number of rotatable bonds is 17. The van der Waals surface area contributed by atoms with Gasteiger partial charge in [-0.25, -0.2) is 25.1 Å². The van der Waals surface area contributed by atoms with Gasteiger partial charge in [-0.15, -0.1) is 0 Å². The predicted octanol–water partition coefficient (Wildman–Crippen LogP) is -6.43. The Morgan fingerprint density at radius 3 is 1.45 bits per heavy atom.